The normalized spacial score (nSPS) is 11.8. The fourth-order valence-corrected chi connectivity index (χ4v) is 3.07. The minimum atomic E-state index is -0.335. The number of anilines is 1. The number of rotatable bonds is 6. The van der Waals surface area contributed by atoms with Crippen LogP contribution in [0, 0.1) is 0 Å². The largest absolute Gasteiger partial charge is 0.497 e. The smallest absolute Gasteiger partial charge is 0.237 e. The molecule has 0 bridgehead atoms. The number of methoxy groups -OCH3 is 1. The van der Waals surface area contributed by atoms with E-state index < -0.39 is 0 Å². The van der Waals surface area contributed by atoms with Gasteiger partial charge in [0, 0.05) is 17.4 Å². The molecule has 0 saturated carbocycles. The second-order valence-electron chi connectivity index (χ2n) is 5.30. The Morgan fingerprint density at radius 2 is 2.00 bits per heavy atom. The molecule has 1 amide bonds. The summed E-state index contributed by atoms with van der Waals surface area (Å²) in [5.41, 5.74) is 1.65. The lowest BCUT2D eigenvalue weighted by molar-refractivity contribution is -0.115. The standard InChI is InChI=1S/C18H18N4O2S/c1-13(17(23)20-14-7-6-10-16(11-14)24-2)25-18-21-19-12-22(18)15-8-4-3-5-9-15/h3-13H,1-2H3,(H,20,23)/t13-/m0/s1. The van der Waals surface area contributed by atoms with Crippen molar-refractivity contribution in [3.63, 3.8) is 0 Å². The fraction of sp³-hybridized carbons (Fsp3) is 0.167. The molecular weight excluding hydrogens is 336 g/mol. The third kappa shape index (κ3) is 4.19. The third-order valence-electron chi connectivity index (χ3n) is 3.54. The number of thioether (sulfide) groups is 1. The molecule has 0 spiro atoms. The molecule has 1 N–H and O–H groups in total. The summed E-state index contributed by atoms with van der Waals surface area (Å²) in [6.07, 6.45) is 1.64. The molecule has 6 nitrogen and oxygen atoms in total. The van der Waals surface area contributed by atoms with Crippen molar-refractivity contribution in [2.75, 3.05) is 12.4 Å². The van der Waals surface area contributed by atoms with Gasteiger partial charge in [-0.15, -0.1) is 10.2 Å². The summed E-state index contributed by atoms with van der Waals surface area (Å²) < 4.78 is 7.03. The molecule has 0 fully saturated rings. The summed E-state index contributed by atoms with van der Waals surface area (Å²) in [5.74, 6) is 0.586. The Kier molecular flexibility index (Phi) is 5.35. The maximum Gasteiger partial charge on any atom is 0.237 e. The summed E-state index contributed by atoms with van der Waals surface area (Å²) >= 11 is 1.36. The van der Waals surface area contributed by atoms with Crippen LogP contribution in [0.5, 0.6) is 5.75 Å². The third-order valence-corrected chi connectivity index (χ3v) is 4.60. The zero-order valence-electron chi connectivity index (χ0n) is 13.9. The van der Waals surface area contributed by atoms with Gasteiger partial charge in [-0.3, -0.25) is 9.36 Å². The number of nitrogens with one attached hydrogen (secondary N) is 1. The molecule has 0 aliphatic rings. The van der Waals surface area contributed by atoms with E-state index in [1.807, 2.05) is 60.0 Å². The summed E-state index contributed by atoms with van der Waals surface area (Å²) in [4.78, 5) is 12.5. The predicted molar refractivity (Wildman–Crippen MR) is 98.3 cm³/mol. The number of para-hydroxylation sites is 1. The molecule has 0 aliphatic heterocycles. The first-order valence-electron chi connectivity index (χ1n) is 7.74. The molecule has 3 aromatic rings. The summed E-state index contributed by atoms with van der Waals surface area (Å²) in [6.45, 7) is 1.84. The van der Waals surface area contributed by atoms with Crippen molar-refractivity contribution in [3.8, 4) is 11.4 Å². The van der Waals surface area contributed by atoms with Crippen molar-refractivity contribution in [1.29, 1.82) is 0 Å². The summed E-state index contributed by atoms with van der Waals surface area (Å²) in [6, 6.07) is 17.0. The van der Waals surface area contributed by atoms with Gasteiger partial charge in [0.2, 0.25) is 5.91 Å². The number of ether oxygens (including phenoxy) is 1. The van der Waals surface area contributed by atoms with Crippen molar-refractivity contribution in [2.24, 2.45) is 0 Å². The molecule has 0 aliphatic carbocycles. The van der Waals surface area contributed by atoms with E-state index in [1.54, 1.807) is 19.5 Å². The first-order valence-corrected chi connectivity index (χ1v) is 8.62. The van der Waals surface area contributed by atoms with Gasteiger partial charge in [0.15, 0.2) is 5.16 Å². The van der Waals surface area contributed by atoms with E-state index in [2.05, 4.69) is 15.5 Å². The Bertz CT molecular complexity index is 851. The molecule has 1 atom stereocenters. The Balaban J connectivity index is 1.69. The van der Waals surface area contributed by atoms with Crippen molar-refractivity contribution in [2.45, 2.75) is 17.3 Å². The van der Waals surface area contributed by atoms with Crippen LogP contribution in [0.4, 0.5) is 5.69 Å². The summed E-state index contributed by atoms with van der Waals surface area (Å²) in [7, 11) is 1.59. The lowest BCUT2D eigenvalue weighted by Crippen LogP contribution is -2.22. The van der Waals surface area contributed by atoms with Gasteiger partial charge in [0.05, 0.1) is 12.4 Å². The lowest BCUT2D eigenvalue weighted by Gasteiger charge is -2.13. The molecule has 25 heavy (non-hydrogen) atoms. The molecular formula is C18H18N4O2S. The van der Waals surface area contributed by atoms with Gasteiger partial charge in [-0.05, 0) is 31.2 Å². The Morgan fingerprint density at radius 1 is 1.20 bits per heavy atom. The van der Waals surface area contributed by atoms with Gasteiger partial charge in [-0.1, -0.05) is 36.0 Å². The van der Waals surface area contributed by atoms with Crippen molar-refractivity contribution in [3.05, 3.63) is 60.9 Å². The molecule has 2 aromatic carbocycles. The van der Waals surface area contributed by atoms with E-state index in [-0.39, 0.29) is 11.2 Å². The van der Waals surface area contributed by atoms with E-state index in [1.165, 1.54) is 11.8 Å². The highest BCUT2D eigenvalue weighted by Crippen LogP contribution is 2.25. The predicted octanol–water partition coefficient (Wildman–Crippen LogP) is 3.40. The quantitative estimate of drug-likeness (QED) is 0.687. The van der Waals surface area contributed by atoms with Crippen LogP contribution in [0.25, 0.3) is 5.69 Å². The number of amides is 1. The Morgan fingerprint density at radius 3 is 2.76 bits per heavy atom. The zero-order chi connectivity index (χ0) is 17.6. The molecule has 7 heteroatoms. The number of benzene rings is 2. The number of hydrogen-bond acceptors (Lipinski definition) is 5. The molecule has 1 aromatic heterocycles. The van der Waals surface area contributed by atoms with Gasteiger partial charge in [0.25, 0.3) is 0 Å². The van der Waals surface area contributed by atoms with Crippen LogP contribution < -0.4 is 10.1 Å². The van der Waals surface area contributed by atoms with Crippen LogP contribution in [0.1, 0.15) is 6.92 Å². The molecule has 128 valence electrons. The number of carbonyl (C=O) groups is 1. The number of hydrogen-bond donors (Lipinski definition) is 1. The van der Waals surface area contributed by atoms with Crippen LogP contribution in [-0.4, -0.2) is 33.0 Å². The number of carbonyl (C=O) groups excluding carboxylic acids is 1. The van der Waals surface area contributed by atoms with Gasteiger partial charge in [-0.25, -0.2) is 0 Å². The molecule has 1 heterocycles. The molecule has 0 unspecified atom stereocenters. The maximum absolute atomic E-state index is 12.5. The van der Waals surface area contributed by atoms with Gasteiger partial charge in [0.1, 0.15) is 12.1 Å². The van der Waals surface area contributed by atoms with Crippen LogP contribution in [-0.2, 0) is 4.79 Å². The van der Waals surface area contributed by atoms with E-state index >= 15 is 0 Å². The van der Waals surface area contributed by atoms with E-state index in [4.69, 9.17) is 4.74 Å². The number of aromatic nitrogens is 3. The van der Waals surface area contributed by atoms with E-state index in [0.717, 1.165) is 5.69 Å². The highest BCUT2D eigenvalue weighted by Gasteiger charge is 2.18. The topological polar surface area (TPSA) is 69.0 Å². The van der Waals surface area contributed by atoms with E-state index in [9.17, 15) is 4.79 Å². The van der Waals surface area contributed by atoms with Gasteiger partial charge >= 0.3 is 0 Å². The van der Waals surface area contributed by atoms with Crippen LogP contribution in [0.3, 0.4) is 0 Å². The minimum Gasteiger partial charge on any atom is -0.497 e. The fourth-order valence-electron chi connectivity index (χ4n) is 2.23. The van der Waals surface area contributed by atoms with Crippen LogP contribution in [0.2, 0.25) is 0 Å². The van der Waals surface area contributed by atoms with Gasteiger partial charge in [-0.2, -0.15) is 0 Å². The molecule has 0 saturated heterocycles. The number of nitrogens with zero attached hydrogens (tertiary/aromatic N) is 3. The zero-order valence-corrected chi connectivity index (χ0v) is 14.7. The SMILES string of the molecule is COc1cccc(NC(=O)[C@H](C)Sc2nncn2-c2ccccc2)c1. The van der Waals surface area contributed by atoms with Crippen molar-refractivity contribution < 1.29 is 9.53 Å². The van der Waals surface area contributed by atoms with Crippen molar-refractivity contribution >= 4 is 23.4 Å². The average molecular weight is 354 g/mol. The maximum atomic E-state index is 12.5. The second kappa shape index (κ2) is 7.85. The Hall–Kier alpha value is -2.80. The van der Waals surface area contributed by atoms with E-state index in [0.29, 0.717) is 16.6 Å². The monoisotopic (exact) mass is 354 g/mol. The van der Waals surface area contributed by atoms with Gasteiger partial charge < -0.3 is 10.1 Å². The molecule has 0 radical (unpaired) electrons. The van der Waals surface area contributed by atoms with Crippen LogP contribution in [0.15, 0.2) is 66.1 Å². The summed E-state index contributed by atoms with van der Waals surface area (Å²) in [5, 5.41) is 11.3. The van der Waals surface area contributed by atoms with Crippen molar-refractivity contribution in [1.82, 2.24) is 14.8 Å². The Labute approximate surface area is 150 Å². The highest BCUT2D eigenvalue weighted by atomic mass is 32.2. The molecule has 3 rings (SSSR count). The minimum absolute atomic E-state index is 0.110. The first kappa shape index (κ1) is 17.0. The van der Waals surface area contributed by atoms with Crippen LogP contribution >= 0.6 is 11.8 Å². The first-order chi connectivity index (χ1) is 12.2. The second-order valence-corrected chi connectivity index (χ2v) is 6.61. The average Bonchev–Trinajstić information content (AvgIpc) is 3.10. The lowest BCUT2D eigenvalue weighted by atomic mass is 10.3. The highest BCUT2D eigenvalue weighted by molar-refractivity contribution is 8.00.